The first kappa shape index (κ1) is 14.0. The fourth-order valence-electron chi connectivity index (χ4n) is 4.60. The maximum Gasteiger partial charge on any atom is 0.226 e. The predicted octanol–water partition coefficient (Wildman–Crippen LogP) is 1.99. The van der Waals surface area contributed by atoms with E-state index in [0.717, 1.165) is 44.4 Å². The number of hydrogen-bond acceptors (Lipinski definition) is 3. The van der Waals surface area contributed by atoms with Crippen molar-refractivity contribution in [3.8, 4) is 0 Å². The lowest BCUT2D eigenvalue weighted by Crippen LogP contribution is -2.58. The summed E-state index contributed by atoms with van der Waals surface area (Å²) in [6.45, 7) is 0.902. The third-order valence-electron chi connectivity index (χ3n) is 6.23. The number of hydrogen-bond donors (Lipinski definition) is 0. The van der Waals surface area contributed by atoms with Crippen LogP contribution in [0.1, 0.15) is 51.4 Å². The molecule has 2 atom stereocenters. The van der Waals surface area contributed by atoms with Crippen molar-refractivity contribution in [1.29, 1.82) is 0 Å². The van der Waals surface area contributed by atoms with Crippen molar-refractivity contribution in [3.05, 3.63) is 0 Å². The Kier molecular flexibility index (Phi) is 3.15. The van der Waals surface area contributed by atoms with Gasteiger partial charge in [-0.05, 0) is 43.9 Å². The van der Waals surface area contributed by atoms with E-state index in [1.54, 1.807) is 0 Å². The average molecular weight is 311 g/mol. The van der Waals surface area contributed by atoms with Crippen LogP contribution in [0, 0.1) is 17.8 Å². The third-order valence-corrected chi connectivity index (χ3v) is 8.81. The molecule has 1 heterocycles. The molecule has 5 heteroatoms. The molecule has 1 spiro atoms. The van der Waals surface area contributed by atoms with E-state index in [0.29, 0.717) is 19.0 Å². The fourth-order valence-corrected chi connectivity index (χ4v) is 6.76. The quantitative estimate of drug-likeness (QED) is 0.784. The first-order valence-corrected chi connectivity index (χ1v) is 10.2. The Labute approximate surface area is 127 Å². The third kappa shape index (κ3) is 2.32. The van der Waals surface area contributed by atoms with Crippen LogP contribution in [0.15, 0.2) is 0 Å². The van der Waals surface area contributed by atoms with Gasteiger partial charge in [0.1, 0.15) is 0 Å². The second-order valence-corrected chi connectivity index (χ2v) is 10.2. The van der Waals surface area contributed by atoms with Crippen LogP contribution in [0.5, 0.6) is 0 Å². The van der Waals surface area contributed by atoms with E-state index in [1.807, 2.05) is 4.90 Å². The van der Waals surface area contributed by atoms with Crippen LogP contribution in [0.25, 0.3) is 0 Å². The molecular formula is C16H25NO3S. The van der Waals surface area contributed by atoms with Gasteiger partial charge < -0.3 is 4.90 Å². The maximum absolute atomic E-state index is 12.7. The zero-order chi connectivity index (χ0) is 14.7. The highest BCUT2D eigenvalue weighted by Gasteiger charge is 2.55. The minimum Gasteiger partial charge on any atom is -0.340 e. The smallest absolute Gasteiger partial charge is 0.226 e. The Hall–Kier alpha value is -0.580. The lowest BCUT2D eigenvalue weighted by Gasteiger charge is -2.44. The Morgan fingerprint density at radius 2 is 1.81 bits per heavy atom. The normalized spacial score (nSPS) is 37.4. The molecule has 3 aliphatic carbocycles. The molecule has 0 aromatic heterocycles. The average Bonchev–Trinajstić information content (AvgIpc) is 3.34. The number of sulfone groups is 1. The topological polar surface area (TPSA) is 54.5 Å². The van der Waals surface area contributed by atoms with Crippen LogP contribution in [0.3, 0.4) is 0 Å². The highest BCUT2D eigenvalue weighted by atomic mass is 32.2. The lowest BCUT2D eigenvalue weighted by atomic mass is 9.87. The zero-order valence-corrected chi connectivity index (χ0v) is 13.4. The van der Waals surface area contributed by atoms with Crippen LogP contribution in [-0.4, -0.2) is 42.8 Å². The minimum absolute atomic E-state index is 0.180. The highest BCUT2D eigenvalue weighted by Crippen LogP contribution is 2.55. The molecule has 4 rings (SSSR count). The van der Waals surface area contributed by atoms with E-state index in [2.05, 4.69) is 0 Å². The van der Waals surface area contributed by atoms with Gasteiger partial charge in [-0.3, -0.25) is 4.79 Å². The van der Waals surface area contributed by atoms with E-state index in [-0.39, 0.29) is 17.6 Å². The molecule has 118 valence electrons. The fraction of sp³-hybridized carbons (Fsp3) is 0.938. The zero-order valence-electron chi connectivity index (χ0n) is 12.6. The number of nitrogens with zero attached hydrogens (tertiary/aromatic N) is 1. The monoisotopic (exact) mass is 311 g/mol. The standard InChI is InChI=1S/C16H25NO3S/c18-15(14-10-13(14)12-4-5-12)17-8-9-21(19,20)16(11-17)6-2-1-3-7-16/h12-14H,1-11H2/t13-,14+/m1/s1. The number of carbonyl (C=O) groups excluding carboxylic acids is 1. The van der Waals surface area contributed by atoms with E-state index in [9.17, 15) is 13.2 Å². The second-order valence-electron chi connectivity index (χ2n) is 7.67. The molecule has 4 fully saturated rings. The largest absolute Gasteiger partial charge is 0.340 e. The molecule has 0 unspecified atom stereocenters. The van der Waals surface area contributed by atoms with Gasteiger partial charge in [0, 0.05) is 19.0 Å². The molecule has 0 aromatic carbocycles. The Bertz CT molecular complexity index is 546. The minimum atomic E-state index is -3.03. The summed E-state index contributed by atoms with van der Waals surface area (Å²) in [5.74, 6) is 2.08. The first-order valence-electron chi connectivity index (χ1n) is 8.54. The van der Waals surface area contributed by atoms with Crippen molar-refractivity contribution in [3.63, 3.8) is 0 Å². The van der Waals surface area contributed by atoms with E-state index in [4.69, 9.17) is 0 Å². The molecule has 0 aromatic rings. The van der Waals surface area contributed by atoms with E-state index < -0.39 is 14.6 Å². The van der Waals surface area contributed by atoms with E-state index >= 15 is 0 Å². The summed E-state index contributed by atoms with van der Waals surface area (Å²) in [4.78, 5) is 14.6. The molecular weight excluding hydrogens is 286 g/mol. The molecule has 21 heavy (non-hydrogen) atoms. The summed E-state index contributed by atoms with van der Waals surface area (Å²) in [5, 5.41) is 0. The van der Waals surface area contributed by atoms with Crippen LogP contribution in [-0.2, 0) is 14.6 Å². The summed E-state index contributed by atoms with van der Waals surface area (Å²) in [7, 11) is -3.03. The van der Waals surface area contributed by atoms with E-state index in [1.165, 1.54) is 12.8 Å². The predicted molar refractivity (Wildman–Crippen MR) is 80.5 cm³/mol. The Morgan fingerprint density at radius 3 is 2.48 bits per heavy atom. The second kappa shape index (κ2) is 4.71. The van der Waals surface area contributed by atoms with Gasteiger partial charge in [-0.1, -0.05) is 19.3 Å². The van der Waals surface area contributed by atoms with Gasteiger partial charge in [0.15, 0.2) is 9.84 Å². The molecule has 0 radical (unpaired) electrons. The van der Waals surface area contributed by atoms with Crippen molar-refractivity contribution < 1.29 is 13.2 Å². The maximum atomic E-state index is 12.7. The van der Waals surface area contributed by atoms with Gasteiger partial charge in [0.25, 0.3) is 0 Å². The van der Waals surface area contributed by atoms with Crippen molar-refractivity contribution in [2.45, 2.75) is 56.1 Å². The van der Waals surface area contributed by atoms with Crippen molar-refractivity contribution in [2.75, 3.05) is 18.8 Å². The highest BCUT2D eigenvalue weighted by molar-refractivity contribution is 7.92. The summed E-state index contributed by atoms with van der Waals surface area (Å²) in [6.07, 6.45) is 8.30. The van der Waals surface area contributed by atoms with Crippen LogP contribution in [0.4, 0.5) is 0 Å². The molecule has 1 saturated heterocycles. The molecule has 0 N–H and O–H groups in total. The van der Waals surface area contributed by atoms with Crippen molar-refractivity contribution >= 4 is 15.7 Å². The van der Waals surface area contributed by atoms with Gasteiger partial charge in [-0.15, -0.1) is 0 Å². The first-order chi connectivity index (χ1) is 10.0. The van der Waals surface area contributed by atoms with Gasteiger partial charge in [-0.25, -0.2) is 8.42 Å². The summed E-state index contributed by atoms with van der Waals surface area (Å²) < 4.78 is 24.5. The van der Waals surface area contributed by atoms with Gasteiger partial charge in [-0.2, -0.15) is 0 Å². The molecule has 3 saturated carbocycles. The van der Waals surface area contributed by atoms with Gasteiger partial charge in [0.2, 0.25) is 5.91 Å². The Morgan fingerprint density at radius 1 is 1.10 bits per heavy atom. The van der Waals surface area contributed by atoms with Crippen LogP contribution in [0.2, 0.25) is 0 Å². The molecule has 1 aliphatic heterocycles. The molecule has 0 bridgehead atoms. The van der Waals surface area contributed by atoms with Gasteiger partial charge in [0.05, 0.1) is 10.5 Å². The van der Waals surface area contributed by atoms with Crippen LogP contribution < -0.4 is 0 Å². The number of amides is 1. The SMILES string of the molecule is O=C([C@H]1C[C@@H]1C1CC1)N1CCS(=O)(=O)C2(CCCCC2)C1. The summed E-state index contributed by atoms with van der Waals surface area (Å²) >= 11 is 0. The molecule has 1 amide bonds. The summed E-state index contributed by atoms with van der Waals surface area (Å²) in [6, 6.07) is 0. The number of carbonyl (C=O) groups is 1. The van der Waals surface area contributed by atoms with Crippen LogP contribution >= 0.6 is 0 Å². The molecule has 4 nitrogen and oxygen atoms in total. The Balaban J connectivity index is 1.49. The lowest BCUT2D eigenvalue weighted by molar-refractivity contribution is -0.133. The van der Waals surface area contributed by atoms with Crippen molar-refractivity contribution in [2.24, 2.45) is 17.8 Å². The van der Waals surface area contributed by atoms with Crippen molar-refractivity contribution in [1.82, 2.24) is 4.90 Å². The summed E-state index contributed by atoms with van der Waals surface area (Å²) in [5.41, 5.74) is 0. The molecule has 4 aliphatic rings. The van der Waals surface area contributed by atoms with Gasteiger partial charge >= 0.3 is 0 Å². The number of rotatable bonds is 2.